The van der Waals surface area contributed by atoms with Gasteiger partial charge in [0.15, 0.2) is 0 Å². The Labute approximate surface area is 183 Å². The molecule has 2 amide bonds. The summed E-state index contributed by atoms with van der Waals surface area (Å²) in [6.07, 6.45) is 1.43. The van der Waals surface area contributed by atoms with Gasteiger partial charge in [-0.05, 0) is 48.5 Å². The third kappa shape index (κ3) is 3.74. The van der Waals surface area contributed by atoms with Crippen LogP contribution in [0.25, 0.3) is 5.76 Å². The highest BCUT2D eigenvalue weighted by Gasteiger charge is 2.48. The minimum atomic E-state index is -0.970. The molecule has 32 heavy (non-hydrogen) atoms. The van der Waals surface area contributed by atoms with Gasteiger partial charge < -0.3 is 19.6 Å². The van der Waals surface area contributed by atoms with Gasteiger partial charge in [-0.25, -0.2) is 0 Å². The zero-order valence-corrected chi connectivity index (χ0v) is 17.4. The summed E-state index contributed by atoms with van der Waals surface area (Å²) in [5.74, 6) is -1.39. The first-order valence-corrected chi connectivity index (χ1v) is 9.77. The van der Waals surface area contributed by atoms with Crippen LogP contribution in [0.2, 0.25) is 0 Å². The van der Waals surface area contributed by atoms with Gasteiger partial charge in [0.2, 0.25) is 5.91 Å². The average Bonchev–Trinajstić information content (AvgIpc) is 3.41. The number of amides is 2. The van der Waals surface area contributed by atoms with Crippen molar-refractivity contribution in [2.24, 2.45) is 0 Å². The molecule has 3 aromatic rings. The molecule has 1 aliphatic heterocycles. The largest absolute Gasteiger partial charge is 0.507 e. The number of rotatable bonds is 5. The van der Waals surface area contributed by atoms with Gasteiger partial charge in [-0.15, -0.1) is 0 Å². The Hall–Kier alpha value is -4.33. The minimum Gasteiger partial charge on any atom is -0.507 e. The van der Waals surface area contributed by atoms with Crippen LogP contribution >= 0.6 is 0 Å². The van der Waals surface area contributed by atoms with Gasteiger partial charge in [0.25, 0.3) is 11.7 Å². The highest BCUT2D eigenvalue weighted by Crippen LogP contribution is 2.42. The van der Waals surface area contributed by atoms with Crippen molar-refractivity contribution < 1.29 is 28.6 Å². The van der Waals surface area contributed by atoms with Crippen molar-refractivity contribution in [1.29, 1.82) is 0 Å². The minimum absolute atomic E-state index is 0.0934. The lowest BCUT2D eigenvalue weighted by Crippen LogP contribution is -2.29. The van der Waals surface area contributed by atoms with Crippen molar-refractivity contribution in [1.82, 2.24) is 0 Å². The summed E-state index contributed by atoms with van der Waals surface area (Å²) >= 11 is 0. The summed E-state index contributed by atoms with van der Waals surface area (Å²) < 4.78 is 10.7. The van der Waals surface area contributed by atoms with E-state index in [2.05, 4.69) is 5.32 Å². The van der Waals surface area contributed by atoms with Crippen molar-refractivity contribution in [2.45, 2.75) is 13.0 Å². The molecule has 162 valence electrons. The fourth-order valence-electron chi connectivity index (χ4n) is 3.65. The quantitative estimate of drug-likeness (QED) is 0.360. The molecule has 1 saturated heterocycles. The number of aliphatic hydroxyl groups excluding tert-OH is 1. The highest BCUT2D eigenvalue weighted by molar-refractivity contribution is 6.51. The molecule has 1 atom stereocenters. The molecular weight excluding hydrogens is 412 g/mol. The van der Waals surface area contributed by atoms with Gasteiger partial charge in [0.1, 0.15) is 23.3 Å². The number of benzene rings is 2. The lowest BCUT2D eigenvalue weighted by molar-refractivity contribution is -0.132. The molecule has 1 aliphatic rings. The molecule has 8 nitrogen and oxygen atoms in total. The number of ether oxygens (including phenoxy) is 1. The second-order valence-electron chi connectivity index (χ2n) is 7.14. The Bertz CT molecular complexity index is 1210. The number of carbonyl (C=O) groups excluding carboxylic acids is 3. The first-order chi connectivity index (χ1) is 15.4. The molecule has 4 rings (SSSR count). The summed E-state index contributed by atoms with van der Waals surface area (Å²) in [6.45, 7) is 1.39. The van der Waals surface area contributed by atoms with Crippen LogP contribution in [0.5, 0.6) is 5.75 Å². The molecule has 0 aliphatic carbocycles. The molecule has 0 bridgehead atoms. The van der Waals surface area contributed by atoms with E-state index in [1.54, 1.807) is 60.7 Å². The number of methoxy groups -OCH3 is 1. The number of nitrogens with zero attached hydrogens (tertiary/aromatic N) is 1. The normalized spacial score (nSPS) is 17.4. The van der Waals surface area contributed by atoms with Gasteiger partial charge in [-0.1, -0.05) is 12.1 Å². The zero-order valence-electron chi connectivity index (χ0n) is 17.4. The van der Waals surface area contributed by atoms with Crippen LogP contribution in [0, 0.1) is 0 Å². The number of carbonyl (C=O) groups is 3. The molecular formula is C24H20N2O6. The SMILES string of the molecule is COc1cccc(/C(O)=C2/C(=O)C(=O)N(c3ccc(NC(C)=O)cc3)C2c2ccco2)c1. The van der Waals surface area contributed by atoms with Crippen LogP contribution in [-0.4, -0.2) is 29.8 Å². The fourth-order valence-corrected chi connectivity index (χ4v) is 3.65. The van der Waals surface area contributed by atoms with Gasteiger partial charge in [-0.3, -0.25) is 19.3 Å². The van der Waals surface area contributed by atoms with E-state index in [1.807, 2.05) is 0 Å². The summed E-state index contributed by atoms with van der Waals surface area (Å²) in [7, 11) is 1.49. The molecule has 1 fully saturated rings. The molecule has 2 heterocycles. The number of nitrogens with one attached hydrogen (secondary N) is 1. The summed E-state index contributed by atoms with van der Waals surface area (Å²) in [6, 6.07) is 15.3. The van der Waals surface area contributed by atoms with Gasteiger partial charge in [0.05, 0.1) is 18.9 Å². The number of Topliss-reactive ketones (excluding diaryl/α,β-unsaturated/α-hetero) is 1. The Kier molecular flexibility index (Phi) is 5.51. The summed E-state index contributed by atoms with van der Waals surface area (Å²) in [4.78, 5) is 38.6. The number of furan rings is 1. The number of aliphatic hydroxyl groups is 1. The Balaban J connectivity index is 1.84. The Morgan fingerprint density at radius 2 is 1.84 bits per heavy atom. The zero-order chi connectivity index (χ0) is 22.8. The van der Waals surface area contributed by atoms with Crippen LogP contribution in [0.4, 0.5) is 11.4 Å². The van der Waals surface area contributed by atoms with E-state index in [1.165, 1.54) is 25.2 Å². The van der Waals surface area contributed by atoms with Crippen molar-refractivity contribution in [3.8, 4) is 5.75 Å². The number of anilines is 2. The molecule has 1 unspecified atom stereocenters. The maximum absolute atomic E-state index is 13.0. The van der Waals surface area contributed by atoms with Crippen LogP contribution < -0.4 is 15.0 Å². The lowest BCUT2D eigenvalue weighted by atomic mass is 9.99. The topological polar surface area (TPSA) is 109 Å². The molecule has 0 radical (unpaired) electrons. The van der Waals surface area contributed by atoms with E-state index in [-0.39, 0.29) is 17.2 Å². The average molecular weight is 432 g/mol. The smallest absolute Gasteiger partial charge is 0.300 e. The van der Waals surface area contributed by atoms with Crippen LogP contribution in [0.15, 0.2) is 76.9 Å². The molecule has 2 aromatic carbocycles. The number of ketones is 1. The molecule has 0 spiro atoms. The van der Waals surface area contributed by atoms with Crippen molar-refractivity contribution in [3.05, 3.63) is 83.8 Å². The van der Waals surface area contributed by atoms with E-state index < -0.39 is 17.7 Å². The summed E-state index contributed by atoms with van der Waals surface area (Å²) in [5.41, 5.74) is 1.19. The van der Waals surface area contributed by atoms with Gasteiger partial charge in [0, 0.05) is 23.9 Å². The molecule has 1 aromatic heterocycles. The first kappa shape index (κ1) is 20.9. The second kappa shape index (κ2) is 8.43. The maximum Gasteiger partial charge on any atom is 0.300 e. The monoisotopic (exact) mass is 432 g/mol. The molecule has 0 saturated carbocycles. The van der Waals surface area contributed by atoms with E-state index in [4.69, 9.17) is 9.15 Å². The van der Waals surface area contributed by atoms with Crippen molar-refractivity contribution in [2.75, 3.05) is 17.3 Å². The molecule has 8 heteroatoms. The highest BCUT2D eigenvalue weighted by atomic mass is 16.5. The van der Waals surface area contributed by atoms with Crippen molar-refractivity contribution in [3.63, 3.8) is 0 Å². The predicted molar refractivity (Wildman–Crippen MR) is 117 cm³/mol. The Morgan fingerprint density at radius 3 is 2.47 bits per heavy atom. The predicted octanol–water partition coefficient (Wildman–Crippen LogP) is 3.87. The third-order valence-electron chi connectivity index (χ3n) is 5.07. The Morgan fingerprint density at radius 1 is 1.09 bits per heavy atom. The lowest BCUT2D eigenvalue weighted by Gasteiger charge is -2.23. The second-order valence-corrected chi connectivity index (χ2v) is 7.14. The number of hydrogen-bond donors (Lipinski definition) is 2. The fraction of sp³-hybridized carbons (Fsp3) is 0.125. The van der Waals surface area contributed by atoms with Crippen LogP contribution in [-0.2, 0) is 14.4 Å². The van der Waals surface area contributed by atoms with Crippen LogP contribution in [0.1, 0.15) is 24.3 Å². The van der Waals surface area contributed by atoms with E-state index in [0.29, 0.717) is 28.4 Å². The number of hydrogen-bond acceptors (Lipinski definition) is 6. The van der Waals surface area contributed by atoms with E-state index in [9.17, 15) is 19.5 Å². The van der Waals surface area contributed by atoms with Gasteiger partial charge >= 0.3 is 0 Å². The van der Waals surface area contributed by atoms with Gasteiger partial charge in [-0.2, -0.15) is 0 Å². The first-order valence-electron chi connectivity index (χ1n) is 9.77. The van der Waals surface area contributed by atoms with Crippen molar-refractivity contribution >= 4 is 34.7 Å². The van der Waals surface area contributed by atoms with E-state index in [0.717, 1.165) is 0 Å². The maximum atomic E-state index is 13.0. The van der Waals surface area contributed by atoms with E-state index >= 15 is 0 Å². The standard InChI is InChI=1S/C24H20N2O6/c1-14(27)25-16-8-10-17(11-9-16)26-21(19-7-4-12-32-19)20(23(29)24(26)30)22(28)15-5-3-6-18(13-15)31-2/h3-13,21,28H,1-2H3,(H,25,27)/b22-20-. The summed E-state index contributed by atoms with van der Waals surface area (Å²) in [5, 5.41) is 13.7. The third-order valence-corrected chi connectivity index (χ3v) is 5.07. The molecule has 2 N–H and O–H groups in total. The van der Waals surface area contributed by atoms with Crippen LogP contribution in [0.3, 0.4) is 0 Å².